The van der Waals surface area contributed by atoms with Gasteiger partial charge in [0.1, 0.15) is 0 Å². The molecule has 0 radical (unpaired) electrons. The number of hydrogen-bond acceptors (Lipinski definition) is 7. The first kappa shape index (κ1) is 20.5. The number of nitro groups is 1. The number of nitrogens with zero attached hydrogens (tertiary/aromatic N) is 4. The zero-order valence-electron chi connectivity index (χ0n) is 15.4. The number of thiol groups is 2. The van der Waals surface area contributed by atoms with Gasteiger partial charge in [0.25, 0.3) is 11.6 Å². The average Bonchev–Trinajstić information content (AvgIpc) is 2.73. The summed E-state index contributed by atoms with van der Waals surface area (Å²) in [5, 5.41) is 10.8. The van der Waals surface area contributed by atoms with Gasteiger partial charge >= 0.3 is 0 Å². The van der Waals surface area contributed by atoms with Crippen LogP contribution in [0.3, 0.4) is 0 Å². The molecule has 0 saturated carbocycles. The molecule has 3 rings (SSSR count). The van der Waals surface area contributed by atoms with Crippen LogP contribution in [0.2, 0.25) is 0 Å². The topological polar surface area (TPSA) is 69.9 Å². The third-order valence-corrected chi connectivity index (χ3v) is 5.53. The van der Waals surface area contributed by atoms with Crippen LogP contribution in [0.1, 0.15) is 10.4 Å². The fourth-order valence-electron chi connectivity index (χ4n) is 3.13. The summed E-state index contributed by atoms with van der Waals surface area (Å²) < 4.78 is -0.0443. The number of piperazine rings is 1. The summed E-state index contributed by atoms with van der Waals surface area (Å²) in [5.74, 6) is -0.168. The SMILES string of the molecule is CN(C(=O)c1ccc(N2CCN(C(S)S)CC2)cc1)c1ccc([N+](=O)[O-])cc1. The number of carbonyl (C=O) groups is 1. The largest absolute Gasteiger partial charge is 0.369 e. The minimum absolute atomic E-state index is 0.00352. The van der Waals surface area contributed by atoms with Crippen molar-refractivity contribution in [1.82, 2.24) is 4.90 Å². The van der Waals surface area contributed by atoms with Crippen LogP contribution in [0.4, 0.5) is 17.1 Å². The van der Waals surface area contributed by atoms with Crippen molar-refractivity contribution < 1.29 is 9.72 Å². The molecule has 1 aliphatic rings. The predicted molar refractivity (Wildman–Crippen MR) is 118 cm³/mol. The smallest absolute Gasteiger partial charge is 0.269 e. The molecule has 1 amide bonds. The van der Waals surface area contributed by atoms with Gasteiger partial charge in [0.05, 0.1) is 9.63 Å². The number of amides is 1. The van der Waals surface area contributed by atoms with Crippen LogP contribution in [0.5, 0.6) is 0 Å². The molecule has 0 aliphatic carbocycles. The van der Waals surface area contributed by atoms with Crippen LogP contribution in [-0.4, -0.2) is 53.7 Å². The van der Waals surface area contributed by atoms with Crippen LogP contribution in [0, 0.1) is 10.1 Å². The minimum atomic E-state index is -0.462. The quantitative estimate of drug-likeness (QED) is 0.338. The molecule has 0 aromatic heterocycles. The Balaban J connectivity index is 1.65. The van der Waals surface area contributed by atoms with Gasteiger partial charge in [-0.05, 0) is 36.4 Å². The molecule has 0 spiro atoms. The molecule has 0 N–H and O–H groups in total. The summed E-state index contributed by atoms with van der Waals surface area (Å²) in [5.41, 5.74) is 2.23. The fraction of sp³-hybridized carbons (Fsp3) is 0.316. The first-order valence-electron chi connectivity index (χ1n) is 8.84. The molecule has 7 nitrogen and oxygen atoms in total. The van der Waals surface area contributed by atoms with E-state index in [-0.39, 0.29) is 16.3 Å². The van der Waals surface area contributed by atoms with Crippen LogP contribution in [0.15, 0.2) is 48.5 Å². The highest BCUT2D eigenvalue weighted by molar-refractivity contribution is 7.99. The van der Waals surface area contributed by atoms with E-state index in [1.54, 1.807) is 19.2 Å². The Morgan fingerprint density at radius 2 is 1.61 bits per heavy atom. The van der Waals surface area contributed by atoms with Crippen molar-refractivity contribution in [3.8, 4) is 0 Å². The van der Waals surface area contributed by atoms with Crippen molar-refractivity contribution in [2.45, 2.75) is 4.71 Å². The third-order valence-electron chi connectivity index (χ3n) is 4.87. The van der Waals surface area contributed by atoms with E-state index in [2.05, 4.69) is 35.1 Å². The lowest BCUT2D eigenvalue weighted by molar-refractivity contribution is -0.384. The second-order valence-corrected chi connectivity index (χ2v) is 7.94. The number of anilines is 2. The molecule has 1 aliphatic heterocycles. The zero-order valence-corrected chi connectivity index (χ0v) is 17.2. The number of rotatable bonds is 5. The molecule has 0 atom stereocenters. The molecule has 1 fully saturated rings. The first-order valence-corrected chi connectivity index (χ1v) is 9.88. The second-order valence-electron chi connectivity index (χ2n) is 6.55. The maximum absolute atomic E-state index is 12.7. The van der Waals surface area contributed by atoms with Gasteiger partial charge in [-0.15, -0.1) is 25.3 Å². The molecular weight excluding hydrogens is 396 g/mol. The Bertz CT molecular complexity index is 835. The average molecular weight is 419 g/mol. The van der Waals surface area contributed by atoms with Gasteiger partial charge in [-0.3, -0.25) is 19.8 Å². The number of nitro benzene ring substituents is 1. The number of carbonyl (C=O) groups excluding carboxylic acids is 1. The highest BCUT2D eigenvalue weighted by Gasteiger charge is 2.20. The molecule has 28 heavy (non-hydrogen) atoms. The monoisotopic (exact) mass is 418 g/mol. The molecule has 0 unspecified atom stereocenters. The van der Waals surface area contributed by atoms with Crippen molar-refractivity contribution in [3.05, 3.63) is 64.2 Å². The molecule has 9 heteroatoms. The molecule has 1 saturated heterocycles. The van der Waals surface area contributed by atoms with E-state index in [9.17, 15) is 14.9 Å². The van der Waals surface area contributed by atoms with E-state index < -0.39 is 4.92 Å². The lowest BCUT2D eigenvalue weighted by atomic mass is 10.1. The molecule has 2 aromatic rings. The standard InChI is InChI=1S/C19H22N4O3S2/c1-20(15-6-8-17(9-7-15)23(25)26)18(24)14-2-4-16(5-3-14)21-10-12-22(13-11-21)19(27)28/h2-9,19,27-28H,10-13H2,1H3. The minimum Gasteiger partial charge on any atom is -0.369 e. The molecule has 1 heterocycles. The van der Waals surface area contributed by atoms with Gasteiger partial charge in [0, 0.05) is 62.3 Å². The number of hydrogen-bond donors (Lipinski definition) is 2. The van der Waals surface area contributed by atoms with Crippen molar-refractivity contribution in [3.63, 3.8) is 0 Å². The predicted octanol–water partition coefficient (Wildman–Crippen LogP) is 3.14. The zero-order chi connectivity index (χ0) is 20.3. The maximum Gasteiger partial charge on any atom is 0.269 e. The van der Waals surface area contributed by atoms with Gasteiger partial charge < -0.3 is 9.80 Å². The van der Waals surface area contributed by atoms with Gasteiger partial charge in [0.15, 0.2) is 0 Å². The van der Waals surface area contributed by atoms with Crippen molar-refractivity contribution in [2.75, 3.05) is 43.0 Å². The van der Waals surface area contributed by atoms with Gasteiger partial charge in [-0.25, -0.2) is 0 Å². The molecular formula is C19H22N4O3S2. The van der Waals surface area contributed by atoms with E-state index in [0.29, 0.717) is 11.3 Å². The molecule has 148 valence electrons. The van der Waals surface area contributed by atoms with Gasteiger partial charge in [0.2, 0.25) is 0 Å². The van der Waals surface area contributed by atoms with Crippen LogP contribution >= 0.6 is 25.3 Å². The summed E-state index contributed by atoms with van der Waals surface area (Å²) in [4.78, 5) is 29.0. The first-order chi connectivity index (χ1) is 13.4. The van der Waals surface area contributed by atoms with Gasteiger partial charge in [-0.2, -0.15) is 0 Å². The van der Waals surface area contributed by atoms with Crippen LogP contribution in [0.25, 0.3) is 0 Å². The summed E-state index contributed by atoms with van der Waals surface area (Å²) >= 11 is 8.71. The highest BCUT2D eigenvalue weighted by Crippen LogP contribution is 2.23. The van der Waals surface area contributed by atoms with E-state index in [4.69, 9.17) is 0 Å². The summed E-state index contributed by atoms with van der Waals surface area (Å²) in [6.45, 7) is 3.55. The van der Waals surface area contributed by atoms with Crippen LogP contribution < -0.4 is 9.80 Å². The number of non-ortho nitro benzene ring substituents is 1. The second kappa shape index (κ2) is 8.85. The van der Waals surface area contributed by atoms with Crippen molar-refractivity contribution in [1.29, 1.82) is 0 Å². The van der Waals surface area contributed by atoms with Crippen molar-refractivity contribution >= 4 is 48.2 Å². The Morgan fingerprint density at radius 1 is 1.04 bits per heavy atom. The molecule has 0 bridgehead atoms. The van der Waals surface area contributed by atoms with Crippen LogP contribution in [-0.2, 0) is 0 Å². The summed E-state index contributed by atoms with van der Waals surface area (Å²) in [6, 6.07) is 13.4. The van der Waals surface area contributed by atoms with Crippen molar-refractivity contribution in [2.24, 2.45) is 0 Å². The van der Waals surface area contributed by atoms with Gasteiger partial charge in [-0.1, -0.05) is 0 Å². The Labute approximate surface area is 174 Å². The Hall–Kier alpha value is -2.23. The van der Waals surface area contributed by atoms with E-state index in [1.165, 1.54) is 17.0 Å². The summed E-state index contributed by atoms with van der Waals surface area (Å²) in [6.07, 6.45) is 0. The fourth-order valence-corrected chi connectivity index (χ4v) is 3.60. The summed E-state index contributed by atoms with van der Waals surface area (Å²) in [7, 11) is 1.65. The normalized spacial score (nSPS) is 14.9. The molecule has 2 aromatic carbocycles. The number of benzene rings is 2. The lowest BCUT2D eigenvalue weighted by Crippen LogP contribution is -2.47. The maximum atomic E-state index is 12.7. The van der Waals surface area contributed by atoms with E-state index >= 15 is 0 Å². The third kappa shape index (κ3) is 4.60. The lowest BCUT2D eigenvalue weighted by Gasteiger charge is -2.37. The van der Waals surface area contributed by atoms with E-state index in [1.807, 2.05) is 24.3 Å². The van der Waals surface area contributed by atoms with E-state index in [0.717, 1.165) is 31.9 Å². The Morgan fingerprint density at radius 3 is 2.11 bits per heavy atom. The Kier molecular flexibility index (Phi) is 6.48. The highest BCUT2D eigenvalue weighted by atomic mass is 32.2.